The van der Waals surface area contributed by atoms with E-state index in [1.807, 2.05) is 26.2 Å². The lowest BCUT2D eigenvalue weighted by Crippen LogP contribution is -2.11. The van der Waals surface area contributed by atoms with Gasteiger partial charge in [-0.3, -0.25) is 4.79 Å². The Morgan fingerprint density at radius 3 is 2.82 bits per heavy atom. The van der Waals surface area contributed by atoms with E-state index >= 15 is 0 Å². The molecule has 0 bridgehead atoms. The molecule has 0 aliphatic carbocycles. The number of hydrogen-bond acceptors (Lipinski definition) is 3. The van der Waals surface area contributed by atoms with Gasteiger partial charge in [0.2, 0.25) is 0 Å². The number of nitrogens with zero attached hydrogens (tertiary/aromatic N) is 1. The fourth-order valence-corrected chi connectivity index (χ4v) is 1.62. The van der Waals surface area contributed by atoms with E-state index in [0.29, 0.717) is 13.0 Å². The number of aliphatic carboxylic acids is 1. The van der Waals surface area contributed by atoms with Crippen molar-refractivity contribution in [1.29, 1.82) is 0 Å². The number of anilines is 1. The average molecular weight is 236 g/mol. The third kappa shape index (κ3) is 5.92. The van der Waals surface area contributed by atoms with E-state index in [2.05, 4.69) is 22.3 Å². The molecule has 0 aliphatic rings. The predicted octanol–water partition coefficient (Wildman–Crippen LogP) is 2.02. The topological polar surface area (TPSA) is 52.6 Å². The van der Waals surface area contributed by atoms with Crippen LogP contribution in [0.25, 0.3) is 0 Å². The van der Waals surface area contributed by atoms with Crippen molar-refractivity contribution in [3.8, 4) is 0 Å². The number of hydrogen-bond donors (Lipinski definition) is 2. The molecule has 0 fully saturated rings. The maximum atomic E-state index is 10.4. The number of carboxylic acid groups (broad SMARTS) is 1. The average Bonchev–Trinajstić information content (AvgIpc) is 2.24. The van der Waals surface area contributed by atoms with Crippen molar-refractivity contribution in [2.24, 2.45) is 0 Å². The van der Waals surface area contributed by atoms with Gasteiger partial charge < -0.3 is 15.3 Å². The van der Waals surface area contributed by atoms with E-state index in [1.165, 1.54) is 5.56 Å². The first kappa shape index (κ1) is 13.5. The SMILES string of the molecule is CN(C)Cc1cccc(NCCCC(=O)O)c1. The normalized spacial score (nSPS) is 10.5. The minimum Gasteiger partial charge on any atom is -0.481 e. The summed E-state index contributed by atoms with van der Waals surface area (Å²) in [7, 11) is 4.07. The highest BCUT2D eigenvalue weighted by atomic mass is 16.4. The number of rotatable bonds is 7. The van der Waals surface area contributed by atoms with Crippen molar-refractivity contribution >= 4 is 11.7 Å². The smallest absolute Gasteiger partial charge is 0.303 e. The second-order valence-electron chi connectivity index (χ2n) is 4.36. The lowest BCUT2D eigenvalue weighted by molar-refractivity contribution is -0.137. The van der Waals surface area contributed by atoms with Gasteiger partial charge in [-0.2, -0.15) is 0 Å². The van der Waals surface area contributed by atoms with Crippen LogP contribution in [-0.4, -0.2) is 36.6 Å². The van der Waals surface area contributed by atoms with Crippen LogP contribution in [0.4, 0.5) is 5.69 Å². The van der Waals surface area contributed by atoms with Gasteiger partial charge >= 0.3 is 5.97 Å². The largest absolute Gasteiger partial charge is 0.481 e. The fourth-order valence-electron chi connectivity index (χ4n) is 1.62. The molecule has 0 heterocycles. The van der Waals surface area contributed by atoms with Crippen molar-refractivity contribution in [2.45, 2.75) is 19.4 Å². The molecule has 0 saturated heterocycles. The zero-order valence-electron chi connectivity index (χ0n) is 10.4. The highest BCUT2D eigenvalue weighted by Gasteiger charge is 1.99. The summed E-state index contributed by atoms with van der Waals surface area (Å²) in [6.07, 6.45) is 0.859. The minimum atomic E-state index is -0.742. The van der Waals surface area contributed by atoms with Crippen LogP contribution in [0.2, 0.25) is 0 Å². The van der Waals surface area contributed by atoms with Gasteiger partial charge in [-0.05, 0) is 38.2 Å². The molecule has 0 aliphatic heterocycles. The van der Waals surface area contributed by atoms with Crippen LogP contribution in [0, 0.1) is 0 Å². The molecule has 0 spiro atoms. The number of carboxylic acids is 1. The Labute approximate surface area is 102 Å². The van der Waals surface area contributed by atoms with Gasteiger partial charge in [0.15, 0.2) is 0 Å². The molecule has 0 radical (unpaired) electrons. The molecule has 0 amide bonds. The maximum absolute atomic E-state index is 10.4. The summed E-state index contributed by atoms with van der Waals surface area (Å²) in [5, 5.41) is 11.8. The number of nitrogens with one attached hydrogen (secondary N) is 1. The van der Waals surface area contributed by atoms with Gasteiger partial charge in [0.1, 0.15) is 0 Å². The van der Waals surface area contributed by atoms with Crippen molar-refractivity contribution in [1.82, 2.24) is 4.90 Å². The summed E-state index contributed by atoms with van der Waals surface area (Å²) >= 11 is 0. The van der Waals surface area contributed by atoms with E-state index in [1.54, 1.807) is 0 Å². The van der Waals surface area contributed by atoms with Crippen molar-refractivity contribution < 1.29 is 9.90 Å². The highest BCUT2D eigenvalue weighted by molar-refractivity contribution is 5.66. The Morgan fingerprint density at radius 1 is 1.41 bits per heavy atom. The molecule has 0 aromatic heterocycles. The second-order valence-corrected chi connectivity index (χ2v) is 4.36. The molecule has 94 valence electrons. The highest BCUT2D eigenvalue weighted by Crippen LogP contribution is 2.11. The molecule has 4 heteroatoms. The standard InChI is InChI=1S/C13H20N2O2/c1-15(2)10-11-5-3-6-12(9-11)14-8-4-7-13(16)17/h3,5-6,9,14H,4,7-8,10H2,1-2H3,(H,16,17). The number of benzene rings is 1. The van der Waals surface area contributed by atoms with Gasteiger partial charge in [0, 0.05) is 25.2 Å². The Bertz CT molecular complexity index is 364. The first-order valence-corrected chi connectivity index (χ1v) is 5.77. The second kappa shape index (κ2) is 6.91. The van der Waals surface area contributed by atoms with Gasteiger partial charge in [0.25, 0.3) is 0 Å². The number of carbonyl (C=O) groups is 1. The summed E-state index contributed by atoms with van der Waals surface area (Å²) in [6, 6.07) is 8.20. The van der Waals surface area contributed by atoms with Crippen molar-refractivity contribution in [3.05, 3.63) is 29.8 Å². The fraction of sp³-hybridized carbons (Fsp3) is 0.462. The Kier molecular flexibility index (Phi) is 5.49. The third-order valence-electron chi connectivity index (χ3n) is 2.32. The Hall–Kier alpha value is -1.55. The summed E-state index contributed by atoms with van der Waals surface area (Å²) in [6.45, 7) is 1.60. The van der Waals surface area contributed by atoms with Crippen LogP contribution >= 0.6 is 0 Å². The molecule has 1 rings (SSSR count). The summed E-state index contributed by atoms with van der Waals surface area (Å²) in [5.41, 5.74) is 2.30. The van der Waals surface area contributed by atoms with E-state index in [0.717, 1.165) is 12.2 Å². The first-order chi connectivity index (χ1) is 8.08. The molecule has 1 aromatic rings. The minimum absolute atomic E-state index is 0.213. The van der Waals surface area contributed by atoms with Crippen LogP contribution < -0.4 is 5.32 Å². The molecular formula is C13H20N2O2. The summed E-state index contributed by atoms with van der Waals surface area (Å²) < 4.78 is 0. The first-order valence-electron chi connectivity index (χ1n) is 5.77. The van der Waals surface area contributed by atoms with E-state index in [-0.39, 0.29) is 6.42 Å². The van der Waals surface area contributed by atoms with Crippen LogP contribution in [-0.2, 0) is 11.3 Å². The van der Waals surface area contributed by atoms with Gasteiger partial charge in [-0.25, -0.2) is 0 Å². The van der Waals surface area contributed by atoms with Gasteiger partial charge in [0.05, 0.1) is 0 Å². The lowest BCUT2D eigenvalue weighted by Gasteiger charge is -2.11. The maximum Gasteiger partial charge on any atom is 0.303 e. The van der Waals surface area contributed by atoms with Crippen LogP contribution in [0.15, 0.2) is 24.3 Å². The molecule has 4 nitrogen and oxygen atoms in total. The Morgan fingerprint density at radius 2 is 2.18 bits per heavy atom. The zero-order valence-corrected chi connectivity index (χ0v) is 10.4. The predicted molar refractivity (Wildman–Crippen MR) is 69.2 cm³/mol. The van der Waals surface area contributed by atoms with E-state index in [9.17, 15) is 4.79 Å². The van der Waals surface area contributed by atoms with Crippen LogP contribution in [0.1, 0.15) is 18.4 Å². The van der Waals surface area contributed by atoms with Gasteiger partial charge in [-0.15, -0.1) is 0 Å². The molecule has 0 atom stereocenters. The van der Waals surface area contributed by atoms with Crippen LogP contribution in [0.3, 0.4) is 0 Å². The third-order valence-corrected chi connectivity index (χ3v) is 2.32. The summed E-state index contributed by atoms with van der Waals surface area (Å²) in [5.74, 6) is -0.742. The van der Waals surface area contributed by atoms with Crippen molar-refractivity contribution in [3.63, 3.8) is 0 Å². The van der Waals surface area contributed by atoms with E-state index in [4.69, 9.17) is 5.11 Å². The molecule has 2 N–H and O–H groups in total. The molecule has 17 heavy (non-hydrogen) atoms. The van der Waals surface area contributed by atoms with E-state index < -0.39 is 5.97 Å². The molecule has 0 saturated carbocycles. The molecule has 1 aromatic carbocycles. The Balaban J connectivity index is 2.40. The van der Waals surface area contributed by atoms with Crippen molar-refractivity contribution in [2.75, 3.05) is 26.0 Å². The lowest BCUT2D eigenvalue weighted by atomic mass is 10.2. The zero-order chi connectivity index (χ0) is 12.7. The monoisotopic (exact) mass is 236 g/mol. The summed E-state index contributed by atoms with van der Waals surface area (Å²) in [4.78, 5) is 12.5. The quantitative estimate of drug-likeness (QED) is 0.711. The van der Waals surface area contributed by atoms with Gasteiger partial charge in [-0.1, -0.05) is 12.1 Å². The molecule has 0 unspecified atom stereocenters. The molecular weight excluding hydrogens is 216 g/mol. The van der Waals surface area contributed by atoms with Crippen LogP contribution in [0.5, 0.6) is 0 Å².